The highest BCUT2D eigenvalue weighted by molar-refractivity contribution is 6.67. The highest BCUT2D eigenvalue weighted by Gasteiger charge is 2.63. The number of methoxy groups -OCH3 is 1. The fourth-order valence-corrected chi connectivity index (χ4v) is 6.85. The van der Waals surface area contributed by atoms with Gasteiger partial charge in [0.05, 0.1) is 26.2 Å². The van der Waals surface area contributed by atoms with Crippen molar-refractivity contribution in [3.05, 3.63) is 0 Å². The number of carbonyl (C=O) groups excluding carboxylic acids is 6. The number of alkyl halides is 3. The molecule has 23 heteroatoms. The number of hydrogen-bond acceptors (Lipinski definition) is 19. The van der Waals surface area contributed by atoms with Crippen LogP contribution in [0.25, 0.3) is 0 Å². The van der Waals surface area contributed by atoms with Gasteiger partial charge in [0.2, 0.25) is 3.79 Å². The molecule has 0 spiro atoms. The van der Waals surface area contributed by atoms with Crippen molar-refractivity contribution < 1.29 is 90.3 Å². The molecule has 11 atom stereocenters. The van der Waals surface area contributed by atoms with Gasteiger partial charge in [0.1, 0.15) is 49.8 Å². The SMILES string of the molecule is COC(=O)[C@@]1(OC[C@H]2O[C@@H]3OC(C)(C)O[C@@H]3[C@H]3OC(C)(C)O[C@H]32)C[C@H](OC(C)=O)[C@@H](NC(=O)OCC(Cl)(Cl)Cl)[C@H]([C@H](OC(C)=O)[C@@H](COC(C)=O)OC(C)=O)O1. The zero-order valence-corrected chi connectivity index (χ0v) is 34.3. The summed E-state index contributed by atoms with van der Waals surface area (Å²) in [6, 6.07) is -1.63. The van der Waals surface area contributed by atoms with Gasteiger partial charge in [0, 0.05) is 27.7 Å². The van der Waals surface area contributed by atoms with Gasteiger partial charge in [-0.25, -0.2) is 9.59 Å². The summed E-state index contributed by atoms with van der Waals surface area (Å²) >= 11 is 17.3. The minimum Gasteiger partial charge on any atom is -0.465 e. The summed E-state index contributed by atoms with van der Waals surface area (Å²) in [6.45, 7) is 8.85. The van der Waals surface area contributed by atoms with Crippen LogP contribution in [0, 0.1) is 0 Å². The van der Waals surface area contributed by atoms with Crippen molar-refractivity contribution in [2.45, 2.75) is 144 Å². The number of esters is 5. The van der Waals surface area contributed by atoms with E-state index in [1.165, 1.54) is 0 Å². The lowest BCUT2D eigenvalue weighted by atomic mass is 9.88. The Morgan fingerprint density at radius 3 is 1.96 bits per heavy atom. The molecule has 4 fully saturated rings. The van der Waals surface area contributed by atoms with E-state index in [2.05, 4.69) is 5.32 Å². The molecule has 1 amide bonds. The van der Waals surface area contributed by atoms with Gasteiger partial charge in [-0.1, -0.05) is 34.8 Å². The van der Waals surface area contributed by atoms with Crippen LogP contribution < -0.4 is 5.32 Å². The van der Waals surface area contributed by atoms with Crippen LogP contribution in [-0.2, 0) is 85.6 Å². The molecule has 0 unspecified atom stereocenters. The average Bonchev–Trinajstić information content (AvgIpc) is 3.56. The van der Waals surface area contributed by atoms with E-state index < -0.39 is 144 Å². The molecular weight excluding hydrogens is 821 g/mol. The van der Waals surface area contributed by atoms with Crippen molar-refractivity contribution in [1.29, 1.82) is 0 Å². The molecule has 4 aliphatic heterocycles. The first-order chi connectivity index (χ1) is 25.8. The van der Waals surface area contributed by atoms with Gasteiger partial charge in [-0.05, 0) is 27.7 Å². The fraction of sp³-hybridized carbons (Fsp3) is 0.818. The smallest absolute Gasteiger partial charge is 0.407 e. The Balaban J connectivity index is 1.80. The zero-order valence-electron chi connectivity index (χ0n) is 32.0. The van der Waals surface area contributed by atoms with Gasteiger partial charge in [-0.3, -0.25) is 19.2 Å². The van der Waals surface area contributed by atoms with Crippen molar-refractivity contribution in [1.82, 2.24) is 5.32 Å². The number of rotatable bonds is 13. The molecule has 0 saturated carbocycles. The molecular formula is C33H46Cl3NO19. The first kappa shape index (κ1) is 45.9. The summed E-state index contributed by atoms with van der Waals surface area (Å²) in [5.41, 5.74) is 0. The Morgan fingerprint density at radius 1 is 0.786 bits per heavy atom. The maximum Gasteiger partial charge on any atom is 0.407 e. The fourth-order valence-electron chi connectivity index (χ4n) is 6.68. The summed E-state index contributed by atoms with van der Waals surface area (Å²) in [5.74, 6) is -9.60. The Morgan fingerprint density at radius 2 is 1.39 bits per heavy atom. The molecule has 20 nitrogen and oxygen atoms in total. The Labute approximate surface area is 336 Å². The van der Waals surface area contributed by atoms with Crippen LogP contribution in [0.5, 0.6) is 0 Å². The Hall–Kier alpha value is -2.79. The standard InChI is InChI=1S/C33H46Cl3NO19/c1-14(38)45-11-19(49-16(3)40)22(50-17(4)41)24-21(37-29(43)46-13-33(34,35)36)18(48-15(2)39)10-32(55-24,28(42)44-9)47-12-20-23-25(53-30(5,6)52-23)26-27(51-20)56-31(7,8)54-26/h18-27H,10-13H2,1-9H3,(H,37,43)/t18-,19+,20+,21+,22+,23-,24+,25-,26+,27+,32+/m0/s1. The number of nitrogens with one attached hydrogen (secondary N) is 1. The van der Waals surface area contributed by atoms with Crippen molar-refractivity contribution in [3.8, 4) is 0 Å². The van der Waals surface area contributed by atoms with Gasteiger partial charge in [0.15, 0.2) is 30.1 Å². The van der Waals surface area contributed by atoms with E-state index in [1.54, 1.807) is 27.7 Å². The molecule has 4 heterocycles. The topological polar surface area (TPSA) is 234 Å². The highest BCUT2D eigenvalue weighted by atomic mass is 35.6. The van der Waals surface area contributed by atoms with E-state index in [0.717, 1.165) is 34.8 Å². The van der Waals surface area contributed by atoms with E-state index in [9.17, 15) is 28.8 Å². The average molecular weight is 867 g/mol. The second-order valence-corrected chi connectivity index (χ2v) is 16.6. The van der Waals surface area contributed by atoms with Crippen molar-refractivity contribution in [2.75, 3.05) is 26.9 Å². The lowest BCUT2D eigenvalue weighted by Crippen LogP contribution is -2.70. The van der Waals surface area contributed by atoms with E-state index >= 15 is 0 Å². The predicted molar refractivity (Wildman–Crippen MR) is 185 cm³/mol. The van der Waals surface area contributed by atoms with Gasteiger partial charge < -0.3 is 66.9 Å². The number of amides is 1. The molecule has 4 rings (SSSR count). The van der Waals surface area contributed by atoms with Crippen LogP contribution in [0.15, 0.2) is 0 Å². The van der Waals surface area contributed by atoms with Crippen molar-refractivity contribution >= 4 is 70.7 Å². The molecule has 0 aromatic heterocycles. The minimum absolute atomic E-state index is 0.509. The van der Waals surface area contributed by atoms with Gasteiger partial charge in [0.25, 0.3) is 5.79 Å². The third-order valence-corrected chi connectivity index (χ3v) is 8.84. The quantitative estimate of drug-likeness (QED) is 0.158. The molecule has 0 radical (unpaired) electrons. The van der Waals surface area contributed by atoms with Crippen LogP contribution >= 0.6 is 34.8 Å². The molecule has 0 aromatic carbocycles. The molecule has 318 valence electrons. The highest BCUT2D eigenvalue weighted by Crippen LogP contribution is 2.45. The second kappa shape index (κ2) is 18.0. The minimum atomic E-state index is -2.57. The number of fused-ring (bicyclic) bond motifs is 3. The first-order valence-electron chi connectivity index (χ1n) is 17.3. The summed E-state index contributed by atoms with van der Waals surface area (Å²) < 4.78 is 73.0. The van der Waals surface area contributed by atoms with Crippen LogP contribution in [0.3, 0.4) is 0 Å². The molecule has 0 aromatic rings. The number of carbonyl (C=O) groups is 6. The predicted octanol–water partition coefficient (Wildman–Crippen LogP) is 1.88. The normalized spacial score (nSPS) is 32.7. The zero-order chi connectivity index (χ0) is 42.0. The molecule has 4 saturated heterocycles. The lowest BCUT2D eigenvalue weighted by molar-refractivity contribution is -0.327. The lowest BCUT2D eigenvalue weighted by Gasteiger charge is -2.49. The second-order valence-electron chi connectivity index (χ2n) is 14.1. The van der Waals surface area contributed by atoms with Gasteiger partial charge in [-0.2, -0.15) is 0 Å². The van der Waals surface area contributed by atoms with E-state index in [0.29, 0.717) is 0 Å². The number of alkyl carbamates (subject to hydrolysis) is 1. The van der Waals surface area contributed by atoms with Crippen LogP contribution in [-0.4, -0.2) is 145 Å². The maximum atomic E-state index is 13.9. The monoisotopic (exact) mass is 865 g/mol. The summed E-state index contributed by atoms with van der Waals surface area (Å²) in [7, 11) is 1.01. The van der Waals surface area contributed by atoms with Crippen molar-refractivity contribution in [2.24, 2.45) is 0 Å². The number of ether oxygens (including phenoxy) is 13. The van der Waals surface area contributed by atoms with E-state index in [-0.39, 0.29) is 0 Å². The largest absolute Gasteiger partial charge is 0.465 e. The Bertz CT molecular complexity index is 1490. The summed E-state index contributed by atoms with van der Waals surface area (Å²) in [4.78, 5) is 76.6. The summed E-state index contributed by atoms with van der Waals surface area (Å²) in [5, 5.41) is 2.42. The molecule has 56 heavy (non-hydrogen) atoms. The van der Waals surface area contributed by atoms with Crippen LogP contribution in [0.2, 0.25) is 0 Å². The van der Waals surface area contributed by atoms with Crippen molar-refractivity contribution in [3.63, 3.8) is 0 Å². The first-order valence-corrected chi connectivity index (χ1v) is 18.4. The summed E-state index contributed by atoms with van der Waals surface area (Å²) in [6.07, 6.45) is -13.2. The third-order valence-electron chi connectivity index (χ3n) is 8.51. The van der Waals surface area contributed by atoms with Crippen LogP contribution in [0.1, 0.15) is 61.8 Å². The number of halogens is 3. The molecule has 0 bridgehead atoms. The van der Waals surface area contributed by atoms with Crippen LogP contribution in [0.4, 0.5) is 4.79 Å². The van der Waals surface area contributed by atoms with Gasteiger partial charge in [-0.15, -0.1) is 0 Å². The molecule has 0 aliphatic carbocycles. The Kier molecular flexibility index (Phi) is 14.8. The number of hydrogen-bond donors (Lipinski definition) is 1. The third kappa shape index (κ3) is 11.9. The molecule has 1 N–H and O–H groups in total. The maximum absolute atomic E-state index is 13.9. The van der Waals surface area contributed by atoms with Gasteiger partial charge >= 0.3 is 35.9 Å². The molecule has 4 aliphatic rings. The van der Waals surface area contributed by atoms with E-state index in [1.807, 2.05) is 0 Å². The van der Waals surface area contributed by atoms with E-state index in [4.69, 9.17) is 96.4 Å².